The first kappa shape index (κ1) is 23.9. The van der Waals surface area contributed by atoms with Gasteiger partial charge in [-0.2, -0.15) is 0 Å². The van der Waals surface area contributed by atoms with E-state index < -0.39 is 44.3 Å². The van der Waals surface area contributed by atoms with Gasteiger partial charge >= 0.3 is 12.2 Å². The third-order valence-electron chi connectivity index (χ3n) is 4.50. The van der Waals surface area contributed by atoms with Gasteiger partial charge in [0, 0.05) is 18.5 Å². The molecule has 2 amide bonds. The van der Waals surface area contributed by atoms with Crippen LogP contribution in [0, 0.1) is 12.7 Å². The van der Waals surface area contributed by atoms with Crippen molar-refractivity contribution in [2.75, 3.05) is 17.4 Å². The zero-order valence-electron chi connectivity index (χ0n) is 18.1. The minimum atomic E-state index is -4.92. The molecular formula is C20H24FN3O6S2. The van der Waals surface area contributed by atoms with Crippen molar-refractivity contribution in [3.05, 3.63) is 34.4 Å². The molecule has 9 nitrogen and oxygen atoms in total. The van der Waals surface area contributed by atoms with Crippen molar-refractivity contribution in [1.29, 1.82) is 0 Å². The molecule has 0 N–H and O–H groups in total. The Morgan fingerprint density at radius 2 is 1.88 bits per heavy atom. The SMILES string of the molecule is Cc1ccc(F)c(S(=O)(=O)N(C(=O)OC(C)(C)C)c2cscn2)c1OC(=O)N1CCCC1. The van der Waals surface area contributed by atoms with Gasteiger partial charge in [0.05, 0.1) is 5.51 Å². The number of likely N-dealkylation sites (tertiary alicyclic amines) is 1. The Bertz CT molecular complexity index is 1110. The number of aryl methyl sites for hydroxylation is 1. The Hall–Kier alpha value is -2.73. The molecule has 1 aliphatic rings. The van der Waals surface area contributed by atoms with Crippen LogP contribution in [-0.2, 0) is 14.8 Å². The first-order chi connectivity index (χ1) is 14.9. The Morgan fingerprint density at radius 3 is 2.44 bits per heavy atom. The van der Waals surface area contributed by atoms with Crippen LogP contribution in [0.4, 0.5) is 19.8 Å². The minimum Gasteiger partial charge on any atom is -0.443 e. The number of rotatable bonds is 4. The molecule has 0 unspecified atom stereocenters. The molecule has 1 aliphatic heterocycles. The lowest BCUT2D eigenvalue weighted by molar-refractivity contribution is 0.0608. The van der Waals surface area contributed by atoms with E-state index >= 15 is 0 Å². The second-order valence-corrected chi connectivity index (χ2v) is 10.6. The number of aromatic nitrogens is 1. The smallest absolute Gasteiger partial charge is 0.430 e. The van der Waals surface area contributed by atoms with Crippen LogP contribution in [0.1, 0.15) is 39.2 Å². The van der Waals surface area contributed by atoms with E-state index in [1.807, 2.05) is 0 Å². The van der Waals surface area contributed by atoms with Gasteiger partial charge in [-0.15, -0.1) is 15.6 Å². The molecule has 12 heteroatoms. The highest BCUT2D eigenvalue weighted by Crippen LogP contribution is 2.36. The van der Waals surface area contributed by atoms with Crippen molar-refractivity contribution in [2.45, 2.75) is 51.0 Å². The lowest BCUT2D eigenvalue weighted by Gasteiger charge is -2.26. The fourth-order valence-electron chi connectivity index (χ4n) is 3.07. The van der Waals surface area contributed by atoms with E-state index in [1.54, 1.807) is 20.8 Å². The molecule has 0 aliphatic carbocycles. The van der Waals surface area contributed by atoms with E-state index in [1.165, 1.54) is 28.8 Å². The summed E-state index contributed by atoms with van der Waals surface area (Å²) in [7, 11) is -4.92. The highest BCUT2D eigenvalue weighted by molar-refractivity contribution is 7.93. The highest BCUT2D eigenvalue weighted by atomic mass is 32.2. The largest absolute Gasteiger partial charge is 0.443 e. The molecule has 0 saturated carbocycles. The van der Waals surface area contributed by atoms with Crippen molar-refractivity contribution >= 4 is 39.4 Å². The van der Waals surface area contributed by atoms with Crippen molar-refractivity contribution in [2.24, 2.45) is 0 Å². The maximum absolute atomic E-state index is 15.0. The third kappa shape index (κ3) is 5.01. The van der Waals surface area contributed by atoms with Crippen molar-refractivity contribution in [1.82, 2.24) is 9.88 Å². The van der Waals surface area contributed by atoms with Gasteiger partial charge in [-0.25, -0.2) is 27.4 Å². The predicted octanol–water partition coefficient (Wildman–Crippen LogP) is 4.32. The molecule has 2 aromatic rings. The Balaban J connectivity index is 2.11. The zero-order valence-corrected chi connectivity index (χ0v) is 19.8. The van der Waals surface area contributed by atoms with Gasteiger partial charge in [-0.3, -0.25) is 0 Å². The summed E-state index contributed by atoms with van der Waals surface area (Å²) in [5, 5.41) is 1.31. The second kappa shape index (κ2) is 9.02. The normalized spacial score (nSPS) is 14.3. The fraction of sp³-hybridized carbons (Fsp3) is 0.450. The molecule has 0 atom stereocenters. The lowest BCUT2D eigenvalue weighted by atomic mass is 10.2. The number of carbonyl (C=O) groups is 2. The summed E-state index contributed by atoms with van der Waals surface area (Å²) in [6, 6.07) is 2.23. The first-order valence-electron chi connectivity index (χ1n) is 9.84. The number of benzene rings is 1. The molecule has 1 aromatic heterocycles. The average molecular weight is 486 g/mol. The molecule has 2 heterocycles. The Morgan fingerprint density at radius 1 is 1.22 bits per heavy atom. The molecule has 32 heavy (non-hydrogen) atoms. The summed E-state index contributed by atoms with van der Waals surface area (Å²) in [6.07, 6.45) is -0.469. The lowest BCUT2D eigenvalue weighted by Crippen LogP contribution is -2.42. The van der Waals surface area contributed by atoms with E-state index in [4.69, 9.17) is 9.47 Å². The standard InChI is InChI=1S/C20H24FN3O6S2/c1-13-7-8-14(21)17(16(13)29-18(25)23-9-5-6-10-23)32(27,28)24(15-11-31-12-22-15)19(26)30-20(2,3)4/h7-8,11-12H,5-6,9-10H2,1-4H3. The quantitative estimate of drug-likeness (QED) is 0.635. The molecule has 0 spiro atoms. The Kier molecular flexibility index (Phi) is 6.75. The molecule has 0 radical (unpaired) electrons. The van der Waals surface area contributed by atoms with E-state index in [0.29, 0.717) is 13.1 Å². The highest BCUT2D eigenvalue weighted by Gasteiger charge is 2.40. The number of thiazole rings is 1. The van der Waals surface area contributed by atoms with Gasteiger partial charge in [0.2, 0.25) is 0 Å². The topological polar surface area (TPSA) is 106 Å². The van der Waals surface area contributed by atoms with Gasteiger partial charge < -0.3 is 14.4 Å². The summed E-state index contributed by atoms with van der Waals surface area (Å²) in [5.74, 6) is -1.92. The van der Waals surface area contributed by atoms with Crippen LogP contribution in [0.5, 0.6) is 5.75 Å². The van der Waals surface area contributed by atoms with Crippen LogP contribution >= 0.6 is 11.3 Å². The molecule has 1 saturated heterocycles. The number of anilines is 1. The third-order valence-corrected chi connectivity index (χ3v) is 6.79. The van der Waals surface area contributed by atoms with Gasteiger partial charge in [0.15, 0.2) is 16.5 Å². The van der Waals surface area contributed by atoms with Crippen LogP contribution in [0.25, 0.3) is 0 Å². The monoisotopic (exact) mass is 485 g/mol. The number of ether oxygens (including phenoxy) is 2. The van der Waals surface area contributed by atoms with Gasteiger partial charge in [-0.1, -0.05) is 6.07 Å². The molecule has 174 valence electrons. The number of halogens is 1. The Labute approximate surface area is 189 Å². The molecule has 3 rings (SSSR count). The second-order valence-electron chi connectivity index (χ2n) is 8.18. The van der Waals surface area contributed by atoms with Crippen LogP contribution in [0.15, 0.2) is 27.9 Å². The average Bonchev–Trinajstić information content (AvgIpc) is 3.37. The number of hydrogen-bond donors (Lipinski definition) is 0. The minimum absolute atomic E-state index is 0.208. The van der Waals surface area contributed by atoms with Crippen LogP contribution in [-0.4, -0.2) is 49.2 Å². The molecular weight excluding hydrogens is 461 g/mol. The van der Waals surface area contributed by atoms with E-state index in [-0.39, 0.29) is 15.7 Å². The van der Waals surface area contributed by atoms with Crippen LogP contribution < -0.4 is 9.04 Å². The van der Waals surface area contributed by atoms with Crippen molar-refractivity contribution in [3.63, 3.8) is 0 Å². The van der Waals surface area contributed by atoms with Gasteiger partial charge in [0.1, 0.15) is 11.4 Å². The summed E-state index contributed by atoms with van der Waals surface area (Å²) < 4.78 is 53.0. The number of sulfonamides is 1. The first-order valence-corrected chi connectivity index (χ1v) is 12.2. The maximum Gasteiger partial charge on any atom is 0.430 e. The predicted molar refractivity (Wildman–Crippen MR) is 116 cm³/mol. The fourth-order valence-corrected chi connectivity index (χ4v) is 5.17. The van der Waals surface area contributed by atoms with Crippen molar-refractivity contribution < 1.29 is 31.9 Å². The van der Waals surface area contributed by atoms with Gasteiger partial charge in [-0.05, 0) is 52.2 Å². The number of amides is 2. The summed E-state index contributed by atoms with van der Waals surface area (Å²) in [4.78, 5) is 29.8. The van der Waals surface area contributed by atoms with E-state index in [9.17, 15) is 22.4 Å². The maximum atomic E-state index is 15.0. The summed E-state index contributed by atoms with van der Waals surface area (Å²) in [5.41, 5.74) is 0.500. The molecule has 0 bridgehead atoms. The number of carbonyl (C=O) groups excluding carboxylic acids is 2. The molecule has 1 fully saturated rings. The van der Waals surface area contributed by atoms with Crippen LogP contribution in [0.2, 0.25) is 0 Å². The summed E-state index contributed by atoms with van der Waals surface area (Å²) >= 11 is 1.04. The van der Waals surface area contributed by atoms with E-state index in [2.05, 4.69) is 4.98 Å². The van der Waals surface area contributed by atoms with Crippen molar-refractivity contribution in [3.8, 4) is 5.75 Å². The van der Waals surface area contributed by atoms with Gasteiger partial charge in [0.25, 0.3) is 10.0 Å². The number of nitrogens with zero attached hydrogens (tertiary/aromatic N) is 3. The molecule has 1 aromatic carbocycles. The zero-order chi connectivity index (χ0) is 23.7. The summed E-state index contributed by atoms with van der Waals surface area (Å²) in [6.45, 7) is 7.08. The van der Waals surface area contributed by atoms with Crippen LogP contribution in [0.3, 0.4) is 0 Å². The number of hydrogen-bond acceptors (Lipinski definition) is 8. The van der Waals surface area contributed by atoms with E-state index in [0.717, 1.165) is 30.2 Å².